The molecule has 0 aliphatic heterocycles. The molecule has 2 aliphatic rings. The van der Waals surface area contributed by atoms with E-state index in [4.69, 9.17) is 0 Å². The van der Waals surface area contributed by atoms with Crippen molar-refractivity contribution in [2.75, 3.05) is 6.54 Å². The number of nitrogens with one attached hydrogen (secondary N) is 1. The summed E-state index contributed by atoms with van der Waals surface area (Å²) in [4.78, 5) is 23.5. The summed E-state index contributed by atoms with van der Waals surface area (Å²) in [5.41, 5.74) is 0. The largest absolute Gasteiger partial charge is 0.481 e. The fourth-order valence-corrected chi connectivity index (χ4v) is 3.63. The third-order valence-corrected chi connectivity index (χ3v) is 4.93. The molecule has 3 atom stereocenters. The minimum absolute atomic E-state index is 0.0322. The summed E-state index contributed by atoms with van der Waals surface area (Å²) in [6.07, 6.45) is 7.29. The zero-order chi connectivity index (χ0) is 13.8. The molecule has 0 bridgehead atoms. The van der Waals surface area contributed by atoms with Crippen LogP contribution in [0.2, 0.25) is 0 Å². The summed E-state index contributed by atoms with van der Waals surface area (Å²) in [5, 5.41) is 12.2. The van der Waals surface area contributed by atoms with E-state index < -0.39 is 11.9 Å². The zero-order valence-electron chi connectivity index (χ0n) is 11.7. The van der Waals surface area contributed by atoms with Crippen molar-refractivity contribution in [2.45, 2.75) is 51.9 Å². The van der Waals surface area contributed by atoms with Gasteiger partial charge in [-0.05, 0) is 37.5 Å². The first kappa shape index (κ1) is 14.4. The van der Waals surface area contributed by atoms with E-state index in [1.807, 2.05) is 0 Å². The lowest BCUT2D eigenvalue weighted by Crippen LogP contribution is -2.37. The van der Waals surface area contributed by atoms with Crippen LogP contribution in [0.3, 0.4) is 0 Å². The van der Waals surface area contributed by atoms with Gasteiger partial charge < -0.3 is 10.4 Å². The van der Waals surface area contributed by atoms with Crippen molar-refractivity contribution in [1.29, 1.82) is 0 Å². The molecule has 0 aromatic heterocycles. The van der Waals surface area contributed by atoms with E-state index in [2.05, 4.69) is 12.2 Å². The maximum Gasteiger partial charge on any atom is 0.307 e. The Morgan fingerprint density at radius 2 is 1.74 bits per heavy atom. The molecular formula is C15H25NO3. The van der Waals surface area contributed by atoms with E-state index in [1.54, 1.807) is 0 Å². The number of carboxylic acid groups (broad SMARTS) is 1. The van der Waals surface area contributed by atoms with Crippen LogP contribution in [0.25, 0.3) is 0 Å². The van der Waals surface area contributed by atoms with Gasteiger partial charge in [0.15, 0.2) is 0 Å². The molecule has 1 unspecified atom stereocenters. The molecule has 108 valence electrons. The normalized spacial score (nSPS) is 31.5. The van der Waals surface area contributed by atoms with Crippen LogP contribution >= 0.6 is 0 Å². The minimum atomic E-state index is -0.808. The topological polar surface area (TPSA) is 66.4 Å². The fourth-order valence-electron chi connectivity index (χ4n) is 3.63. The number of aliphatic carboxylic acids is 1. The van der Waals surface area contributed by atoms with Gasteiger partial charge >= 0.3 is 5.97 Å². The Morgan fingerprint density at radius 1 is 1.11 bits per heavy atom. The van der Waals surface area contributed by atoms with Gasteiger partial charge in [-0.2, -0.15) is 0 Å². The second-order valence-electron chi connectivity index (χ2n) is 6.19. The van der Waals surface area contributed by atoms with Gasteiger partial charge in [-0.15, -0.1) is 0 Å². The first-order valence-electron chi connectivity index (χ1n) is 7.62. The van der Waals surface area contributed by atoms with Gasteiger partial charge in [0.2, 0.25) is 5.91 Å². The Morgan fingerprint density at radius 3 is 2.32 bits per heavy atom. The molecule has 0 aromatic carbocycles. The van der Waals surface area contributed by atoms with Crippen molar-refractivity contribution in [2.24, 2.45) is 23.7 Å². The molecule has 1 amide bonds. The van der Waals surface area contributed by atoms with Crippen LogP contribution < -0.4 is 5.32 Å². The van der Waals surface area contributed by atoms with Crippen LogP contribution in [0.15, 0.2) is 0 Å². The molecule has 2 saturated carbocycles. The predicted molar refractivity (Wildman–Crippen MR) is 72.6 cm³/mol. The summed E-state index contributed by atoms with van der Waals surface area (Å²) >= 11 is 0. The van der Waals surface area contributed by atoms with E-state index in [9.17, 15) is 14.7 Å². The number of carbonyl (C=O) groups excluding carboxylic acids is 1. The van der Waals surface area contributed by atoms with Gasteiger partial charge in [0.05, 0.1) is 11.8 Å². The van der Waals surface area contributed by atoms with Gasteiger partial charge in [0.25, 0.3) is 0 Å². The van der Waals surface area contributed by atoms with Crippen molar-refractivity contribution >= 4 is 11.9 Å². The van der Waals surface area contributed by atoms with E-state index >= 15 is 0 Å². The van der Waals surface area contributed by atoms with E-state index in [-0.39, 0.29) is 11.8 Å². The van der Waals surface area contributed by atoms with E-state index in [0.717, 1.165) is 19.4 Å². The molecule has 0 aromatic rings. The van der Waals surface area contributed by atoms with Crippen LogP contribution in [-0.2, 0) is 9.59 Å². The molecule has 19 heavy (non-hydrogen) atoms. The molecule has 2 aliphatic carbocycles. The molecule has 0 heterocycles. The number of hydrogen-bond acceptors (Lipinski definition) is 2. The molecule has 2 rings (SSSR count). The third-order valence-electron chi connectivity index (χ3n) is 4.93. The average molecular weight is 267 g/mol. The highest BCUT2D eigenvalue weighted by atomic mass is 16.4. The lowest BCUT2D eigenvalue weighted by atomic mass is 9.95. The monoisotopic (exact) mass is 267 g/mol. The predicted octanol–water partition coefficient (Wildman–Crippen LogP) is 2.43. The number of carbonyl (C=O) groups is 2. The molecule has 0 saturated heterocycles. The summed E-state index contributed by atoms with van der Waals surface area (Å²) < 4.78 is 0. The SMILES string of the molecule is CCC1C[C@H](C(=O)NCC2CCCC2)[C@H](C(=O)O)C1. The van der Waals surface area contributed by atoms with Gasteiger partial charge in [0, 0.05) is 6.54 Å². The molecule has 2 N–H and O–H groups in total. The van der Waals surface area contributed by atoms with E-state index in [1.165, 1.54) is 25.7 Å². The highest BCUT2D eigenvalue weighted by Gasteiger charge is 2.42. The van der Waals surface area contributed by atoms with Crippen LogP contribution in [0.4, 0.5) is 0 Å². The Bertz CT molecular complexity index is 336. The maximum absolute atomic E-state index is 12.2. The first-order chi connectivity index (χ1) is 9.11. The first-order valence-corrected chi connectivity index (χ1v) is 7.62. The van der Waals surface area contributed by atoms with Crippen molar-refractivity contribution in [1.82, 2.24) is 5.32 Å². The smallest absolute Gasteiger partial charge is 0.307 e. The average Bonchev–Trinajstić information content (AvgIpc) is 3.04. The maximum atomic E-state index is 12.2. The molecule has 4 heteroatoms. The number of amides is 1. The zero-order valence-corrected chi connectivity index (χ0v) is 11.7. The standard InChI is InChI=1S/C15H25NO3/c1-2-10-7-12(13(8-10)15(18)19)14(17)16-9-11-5-3-4-6-11/h10-13H,2-9H2,1H3,(H,16,17)(H,18,19)/t10?,12-,13+/m0/s1. The second kappa shape index (κ2) is 6.40. The van der Waals surface area contributed by atoms with Crippen LogP contribution in [0, 0.1) is 23.7 Å². The Kier molecular flexibility index (Phi) is 4.83. The molecule has 4 nitrogen and oxygen atoms in total. The van der Waals surface area contributed by atoms with E-state index in [0.29, 0.717) is 18.3 Å². The lowest BCUT2D eigenvalue weighted by Gasteiger charge is -2.17. The lowest BCUT2D eigenvalue weighted by molar-refractivity contribution is -0.146. The molecule has 0 spiro atoms. The second-order valence-corrected chi connectivity index (χ2v) is 6.19. The van der Waals surface area contributed by atoms with Gasteiger partial charge in [-0.3, -0.25) is 9.59 Å². The fraction of sp³-hybridized carbons (Fsp3) is 0.867. The van der Waals surface area contributed by atoms with Crippen molar-refractivity contribution in [3.05, 3.63) is 0 Å². The molecular weight excluding hydrogens is 242 g/mol. The van der Waals surface area contributed by atoms with Gasteiger partial charge in [-0.1, -0.05) is 26.2 Å². The molecule has 0 radical (unpaired) electrons. The number of rotatable bonds is 5. The summed E-state index contributed by atoms with van der Waals surface area (Å²) in [6, 6.07) is 0. The van der Waals surface area contributed by atoms with Crippen molar-refractivity contribution in [3.8, 4) is 0 Å². The number of hydrogen-bond donors (Lipinski definition) is 2. The summed E-state index contributed by atoms with van der Waals surface area (Å²) in [7, 11) is 0. The summed E-state index contributed by atoms with van der Waals surface area (Å²) in [5.74, 6) is -0.636. The van der Waals surface area contributed by atoms with Crippen LogP contribution in [0.5, 0.6) is 0 Å². The Hall–Kier alpha value is -1.06. The molecule has 2 fully saturated rings. The highest BCUT2D eigenvalue weighted by Crippen LogP contribution is 2.38. The van der Waals surface area contributed by atoms with Crippen molar-refractivity contribution in [3.63, 3.8) is 0 Å². The van der Waals surface area contributed by atoms with Gasteiger partial charge in [-0.25, -0.2) is 0 Å². The Labute approximate surface area is 115 Å². The quantitative estimate of drug-likeness (QED) is 0.804. The van der Waals surface area contributed by atoms with Gasteiger partial charge in [0.1, 0.15) is 0 Å². The highest BCUT2D eigenvalue weighted by molar-refractivity contribution is 5.85. The Balaban J connectivity index is 1.87. The van der Waals surface area contributed by atoms with Crippen LogP contribution in [-0.4, -0.2) is 23.5 Å². The van der Waals surface area contributed by atoms with Crippen molar-refractivity contribution < 1.29 is 14.7 Å². The third kappa shape index (κ3) is 3.48. The summed E-state index contributed by atoms with van der Waals surface area (Å²) in [6.45, 7) is 2.81. The minimum Gasteiger partial charge on any atom is -0.481 e. The van der Waals surface area contributed by atoms with Crippen LogP contribution in [0.1, 0.15) is 51.9 Å². The number of carboxylic acids is 1.